The first-order valence-electron chi connectivity index (χ1n) is 8.55. The minimum Gasteiger partial charge on any atom is -0.495 e. The van der Waals surface area contributed by atoms with Crippen LogP contribution in [0.1, 0.15) is 16.8 Å². The maximum atomic E-state index is 12.6. The number of hydrogen-bond donors (Lipinski definition) is 1. The Balaban J connectivity index is 1.66. The molecule has 1 heterocycles. The maximum Gasteiger partial charge on any atom is 0.244 e. The molecule has 5 nitrogen and oxygen atoms in total. The van der Waals surface area contributed by atoms with Crippen LogP contribution in [0.4, 0.5) is 0 Å². The molecule has 3 rings (SSSR count). The van der Waals surface area contributed by atoms with Crippen LogP contribution in [-0.2, 0) is 16.4 Å². The topological polar surface area (TPSA) is 68.3 Å². The Hall–Kier alpha value is -2.22. The van der Waals surface area contributed by atoms with Gasteiger partial charge in [-0.05, 0) is 31.5 Å². The molecule has 0 spiro atoms. The number of thiazole rings is 1. The van der Waals surface area contributed by atoms with Crippen molar-refractivity contribution in [3.8, 4) is 16.3 Å². The van der Waals surface area contributed by atoms with Gasteiger partial charge in [0, 0.05) is 23.9 Å². The summed E-state index contributed by atoms with van der Waals surface area (Å²) >= 11 is 1.56. The third-order valence-electron chi connectivity index (χ3n) is 4.13. The highest BCUT2D eigenvalue weighted by molar-refractivity contribution is 7.89. The molecule has 7 heteroatoms. The van der Waals surface area contributed by atoms with Crippen molar-refractivity contribution in [2.75, 3.05) is 13.7 Å². The average Bonchev–Trinajstić information content (AvgIpc) is 3.11. The second kappa shape index (κ2) is 8.21. The smallest absolute Gasteiger partial charge is 0.244 e. The fourth-order valence-corrected chi connectivity index (χ4v) is 4.78. The van der Waals surface area contributed by atoms with Gasteiger partial charge in [-0.25, -0.2) is 18.1 Å². The lowest BCUT2D eigenvalue weighted by Crippen LogP contribution is -2.26. The maximum absolute atomic E-state index is 12.6. The number of rotatable bonds is 7. The van der Waals surface area contributed by atoms with E-state index in [1.54, 1.807) is 23.5 Å². The summed E-state index contributed by atoms with van der Waals surface area (Å²) in [6.45, 7) is 4.17. The molecule has 1 aromatic heterocycles. The molecule has 0 fully saturated rings. The van der Waals surface area contributed by atoms with Crippen LogP contribution in [0.15, 0.2) is 52.7 Å². The summed E-state index contributed by atoms with van der Waals surface area (Å²) in [5.41, 5.74) is 4.01. The normalized spacial score (nSPS) is 11.5. The largest absolute Gasteiger partial charge is 0.495 e. The summed E-state index contributed by atoms with van der Waals surface area (Å²) in [5, 5.41) is 2.91. The zero-order chi connectivity index (χ0) is 19.4. The van der Waals surface area contributed by atoms with E-state index in [4.69, 9.17) is 4.74 Å². The first-order chi connectivity index (χ1) is 12.9. The molecule has 0 amide bonds. The minimum atomic E-state index is -3.65. The van der Waals surface area contributed by atoms with Gasteiger partial charge in [-0.3, -0.25) is 0 Å². The van der Waals surface area contributed by atoms with Gasteiger partial charge in [0.1, 0.15) is 15.7 Å². The third-order valence-corrected chi connectivity index (χ3v) is 6.55. The van der Waals surface area contributed by atoms with E-state index in [9.17, 15) is 8.42 Å². The summed E-state index contributed by atoms with van der Waals surface area (Å²) in [7, 11) is -2.18. The monoisotopic (exact) mass is 402 g/mol. The van der Waals surface area contributed by atoms with Gasteiger partial charge in [0.05, 0.1) is 12.8 Å². The molecule has 0 aliphatic heterocycles. The van der Waals surface area contributed by atoms with E-state index in [-0.39, 0.29) is 11.4 Å². The molecule has 0 bridgehead atoms. The summed E-state index contributed by atoms with van der Waals surface area (Å²) in [6, 6.07) is 13.3. The molecule has 2 aromatic carbocycles. The van der Waals surface area contributed by atoms with Crippen LogP contribution in [0.2, 0.25) is 0 Å². The lowest BCUT2D eigenvalue weighted by atomic mass is 10.2. The number of sulfonamides is 1. The van der Waals surface area contributed by atoms with Crippen molar-refractivity contribution in [2.24, 2.45) is 0 Å². The molecule has 0 radical (unpaired) electrons. The fourth-order valence-electron chi connectivity index (χ4n) is 2.64. The van der Waals surface area contributed by atoms with Crippen molar-refractivity contribution >= 4 is 21.4 Å². The average molecular weight is 403 g/mol. The Morgan fingerprint density at radius 1 is 1.07 bits per heavy atom. The molecule has 142 valence electrons. The molecule has 0 saturated heterocycles. The summed E-state index contributed by atoms with van der Waals surface area (Å²) in [6.07, 6.45) is 0.524. The molecule has 0 saturated carbocycles. The van der Waals surface area contributed by atoms with E-state index < -0.39 is 10.0 Å². The van der Waals surface area contributed by atoms with Gasteiger partial charge in [0.2, 0.25) is 10.0 Å². The Morgan fingerprint density at radius 3 is 2.48 bits per heavy atom. The molecule has 0 aliphatic rings. The van der Waals surface area contributed by atoms with Gasteiger partial charge >= 0.3 is 0 Å². The van der Waals surface area contributed by atoms with Gasteiger partial charge in [0.25, 0.3) is 0 Å². The van der Waals surface area contributed by atoms with E-state index >= 15 is 0 Å². The minimum absolute atomic E-state index is 0.156. The predicted molar refractivity (Wildman–Crippen MR) is 109 cm³/mol. The Bertz CT molecular complexity index is 1030. The van der Waals surface area contributed by atoms with Gasteiger partial charge in [-0.15, -0.1) is 11.3 Å². The van der Waals surface area contributed by atoms with Crippen molar-refractivity contribution in [1.82, 2.24) is 9.71 Å². The number of aromatic nitrogens is 1. The van der Waals surface area contributed by atoms with Crippen LogP contribution in [0.25, 0.3) is 10.6 Å². The Morgan fingerprint density at radius 2 is 1.78 bits per heavy atom. The highest BCUT2D eigenvalue weighted by Crippen LogP contribution is 2.25. The molecular weight excluding hydrogens is 380 g/mol. The highest BCUT2D eigenvalue weighted by atomic mass is 32.2. The summed E-state index contributed by atoms with van der Waals surface area (Å²) in [5.74, 6) is 0.336. The number of aryl methyl sites for hydroxylation is 2. The van der Waals surface area contributed by atoms with Crippen molar-refractivity contribution in [3.05, 3.63) is 64.7 Å². The molecular formula is C20H22N2O3S2. The summed E-state index contributed by atoms with van der Waals surface area (Å²) < 4.78 is 33.0. The molecule has 0 atom stereocenters. The van der Waals surface area contributed by atoms with Crippen LogP contribution < -0.4 is 9.46 Å². The highest BCUT2D eigenvalue weighted by Gasteiger charge is 2.19. The van der Waals surface area contributed by atoms with Gasteiger partial charge < -0.3 is 4.74 Å². The SMILES string of the molecule is COc1ccc(C)cc1S(=O)(=O)NCCc1csc(-c2ccc(C)cc2)n1. The molecule has 27 heavy (non-hydrogen) atoms. The molecule has 1 N–H and O–H groups in total. The van der Waals surface area contributed by atoms with Crippen LogP contribution in [-0.4, -0.2) is 27.1 Å². The molecule has 0 aliphatic carbocycles. The number of methoxy groups -OCH3 is 1. The number of ether oxygens (including phenoxy) is 1. The number of nitrogens with one attached hydrogen (secondary N) is 1. The number of benzene rings is 2. The van der Waals surface area contributed by atoms with E-state index in [1.165, 1.54) is 12.7 Å². The lowest BCUT2D eigenvalue weighted by Gasteiger charge is -2.11. The van der Waals surface area contributed by atoms with Crippen LogP contribution >= 0.6 is 11.3 Å². The van der Waals surface area contributed by atoms with Crippen LogP contribution in [0.3, 0.4) is 0 Å². The van der Waals surface area contributed by atoms with Crippen molar-refractivity contribution in [2.45, 2.75) is 25.2 Å². The lowest BCUT2D eigenvalue weighted by molar-refractivity contribution is 0.402. The van der Waals surface area contributed by atoms with Crippen molar-refractivity contribution in [1.29, 1.82) is 0 Å². The standard InChI is InChI=1S/C20H22N2O3S2/c1-14-4-7-16(8-5-14)20-22-17(13-26-20)10-11-21-27(23,24)19-12-15(2)6-9-18(19)25-3/h4-9,12-13,21H,10-11H2,1-3H3. The van der Waals surface area contributed by atoms with Crippen molar-refractivity contribution in [3.63, 3.8) is 0 Å². The number of nitrogens with zero attached hydrogens (tertiary/aromatic N) is 1. The third kappa shape index (κ3) is 4.74. The summed E-state index contributed by atoms with van der Waals surface area (Å²) in [4.78, 5) is 4.77. The molecule has 3 aromatic rings. The van der Waals surface area contributed by atoms with Crippen LogP contribution in [0.5, 0.6) is 5.75 Å². The Labute approximate surface area is 164 Å². The fraction of sp³-hybridized carbons (Fsp3) is 0.250. The number of hydrogen-bond acceptors (Lipinski definition) is 5. The van der Waals surface area contributed by atoms with E-state index in [1.807, 2.05) is 37.4 Å². The second-order valence-corrected chi connectivity index (χ2v) is 8.91. The quantitative estimate of drug-likeness (QED) is 0.650. The zero-order valence-electron chi connectivity index (χ0n) is 15.5. The van der Waals surface area contributed by atoms with Gasteiger partial charge in [0.15, 0.2) is 0 Å². The van der Waals surface area contributed by atoms with E-state index in [2.05, 4.69) is 21.8 Å². The first-order valence-corrected chi connectivity index (χ1v) is 10.9. The van der Waals surface area contributed by atoms with E-state index in [0.29, 0.717) is 12.2 Å². The Kier molecular flexibility index (Phi) is 5.94. The van der Waals surface area contributed by atoms with Gasteiger partial charge in [-0.2, -0.15) is 0 Å². The van der Waals surface area contributed by atoms with Gasteiger partial charge in [-0.1, -0.05) is 35.9 Å². The second-order valence-electron chi connectivity index (χ2n) is 6.31. The molecule has 0 unspecified atom stereocenters. The van der Waals surface area contributed by atoms with Crippen LogP contribution in [0, 0.1) is 13.8 Å². The first kappa shape index (κ1) is 19.5. The van der Waals surface area contributed by atoms with E-state index in [0.717, 1.165) is 21.8 Å². The predicted octanol–water partition coefficient (Wildman–Crippen LogP) is 3.96. The zero-order valence-corrected chi connectivity index (χ0v) is 17.2. The van der Waals surface area contributed by atoms with Crippen molar-refractivity contribution < 1.29 is 13.2 Å².